The quantitative estimate of drug-likeness (QED) is 0.922. The molecule has 0 radical (unpaired) electrons. The molecule has 1 aliphatic carbocycles. The summed E-state index contributed by atoms with van der Waals surface area (Å²) in [5.74, 6) is -0.107. The highest BCUT2D eigenvalue weighted by Crippen LogP contribution is 2.37. The zero-order valence-electron chi connectivity index (χ0n) is 12.9. The predicted molar refractivity (Wildman–Crippen MR) is 83.2 cm³/mol. The lowest BCUT2D eigenvalue weighted by molar-refractivity contribution is 0.0253. The molecule has 3 nitrogen and oxygen atoms in total. The van der Waals surface area contributed by atoms with E-state index < -0.39 is 0 Å². The second kappa shape index (κ2) is 6.32. The van der Waals surface area contributed by atoms with Crippen molar-refractivity contribution in [3.8, 4) is 0 Å². The van der Waals surface area contributed by atoms with E-state index >= 15 is 0 Å². The van der Waals surface area contributed by atoms with Crippen LogP contribution in [-0.2, 0) is 4.74 Å². The van der Waals surface area contributed by atoms with Crippen molar-refractivity contribution in [1.29, 1.82) is 0 Å². The molecule has 0 amide bonds. The number of ether oxygens (including phenoxy) is 1. The van der Waals surface area contributed by atoms with Crippen molar-refractivity contribution in [1.82, 2.24) is 5.32 Å². The lowest BCUT2D eigenvalue weighted by Gasteiger charge is -2.41. The summed E-state index contributed by atoms with van der Waals surface area (Å²) in [5, 5.41) is 3.40. The van der Waals surface area contributed by atoms with Gasteiger partial charge in [0.15, 0.2) is 0 Å². The molecule has 1 N–H and O–H groups in total. The lowest BCUT2D eigenvalue weighted by atomic mass is 10.0. The van der Waals surface area contributed by atoms with Crippen LogP contribution in [0.2, 0.25) is 0 Å². The lowest BCUT2D eigenvalue weighted by Crippen LogP contribution is -2.49. The van der Waals surface area contributed by atoms with Crippen molar-refractivity contribution in [2.24, 2.45) is 0 Å². The molecule has 2 fully saturated rings. The first-order valence-corrected chi connectivity index (χ1v) is 8.12. The zero-order valence-corrected chi connectivity index (χ0v) is 12.9. The fourth-order valence-corrected chi connectivity index (χ4v) is 3.80. The number of nitrogens with one attached hydrogen (secondary N) is 1. The molecule has 1 aromatic rings. The Kier molecular flexibility index (Phi) is 4.45. The van der Waals surface area contributed by atoms with E-state index in [0.29, 0.717) is 12.6 Å². The van der Waals surface area contributed by atoms with Crippen molar-refractivity contribution < 1.29 is 9.13 Å². The summed E-state index contributed by atoms with van der Waals surface area (Å²) in [5.41, 5.74) is 1.84. The van der Waals surface area contributed by atoms with Crippen LogP contribution >= 0.6 is 0 Å². The molecule has 1 saturated heterocycles. The van der Waals surface area contributed by atoms with Gasteiger partial charge in [0.2, 0.25) is 0 Å². The van der Waals surface area contributed by atoms with E-state index in [-0.39, 0.29) is 18.0 Å². The molecule has 116 valence electrons. The molecule has 1 saturated carbocycles. The third-order valence-electron chi connectivity index (χ3n) is 4.76. The van der Waals surface area contributed by atoms with Gasteiger partial charge in [-0.3, -0.25) is 0 Å². The smallest absolute Gasteiger partial charge is 0.146 e. The van der Waals surface area contributed by atoms with E-state index in [1.165, 1.54) is 6.42 Å². The van der Waals surface area contributed by atoms with E-state index in [1.807, 2.05) is 12.1 Å². The first-order chi connectivity index (χ1) is 10.2. The topological polar surface area (TPSA) is 24.5 Å². The first kappa shape index (κ1) is 14.8. The minimum absolute atomic E-state index is 0.107. The first-order valence-electron chi connectivity index (χ1n) is 8.12. The Morgan fingerprint density at radius 3 is 3.10 bits per heavy atom. The molecular formula is C17H25FN2O. The number of hydrogen-bond acceptors (Lipinski definition) is 3. The Labute approximate surface area is 126 Å². The van der Waals surface area contributed by atoms with E-state index in [2.05, 4.69) is 24.1 Å². The number of rotatable bonds is 4. The molecular weight excluding hydrogens is 267 g/mol. The summed E-state index contributed by atoms with van der Waals surface area (Å²) in [4.78, 5) is 2.26. The van der Waals surface area contributed by atoms with Crippen LogP contribution < -0.4 is 10.2 Å². The van der Waals surface area contributed by atoms with E-state index in [0.717, 1.165) is 37.2 Å². The van der Waals surface area contributed by atoms with Gasteiger partial charge < -0.3 is 15.0 Å². The number of hydrogen-bond donors (Lipinski definition) is 1. The summed E-state index contributed by atoms with van der Waals surface area (Å²) < 4.78 is 20.4. The van der Waals surface area contributed by atoms with Gasteiger partial charge in [-0.05, 0) is 44.4 Å². The van der Waals surface area contributed by atoms with Crippen LogP contribution in [0, 0.1) is 5.82 Å². The van der Waals surface area contributed by atoms with E-state index in [1.54, 1.807) is 6.07 Å². The van der Waals surface area contributed by atoms with Crippen LogP contribution in [0.25, 0.3) is 0 Å². The molecule has 1 aromatic carbocycles. The van der Waals surface area contributed by atoms with Crippen molar-refractivity contribution in [2.45, 2.75) is 51.3 Å². The fourth-order valence-electron chi connectivity index (χ4n) is 3.80. The summed E-state index contributed by atoms with van der Waals surface area (Å²) in [6, 6.07) is 5.93. The molecule has 3 rings (SSSR count). The average molecular weight is 292 g/mol. The number of fused-ring (bicyclic) bond motifs is 1. The minimum atomic E-state index is -0.107. The summed E-state index contributed by atoms with van der Waals surface area (Å²) in [6.07, 6.45) is 3.67. The fraction of sp³-hybridized carbons (Fsp3) is 0.647. The van der Waals surface area contributed by atoms with Gasteiger partial charge in [0.05, 0.1) is 24.4 Å². The van der Waals surface area contributed by atoms with Gasteiger partial charge in [-0.2, -0.15) is 0 Å². The maximum atomic E-state index is 14.6. The molecule has 0 spiro atoms. The number of nitrogens with zero attached hydrogens (tertiary/aromatic N) is 1. The maximum Gasteiger partial charge on any atom is 0.146 e. The number of benzene rings is 1. The van der Waals surface area contributed by atoms with E-state index in [9.17, 15) is 4.39 Å². The highest BCUT2D eigenvalue weighted by atomic mass is 19.1. The second-order valence-electron chi connectivity index (χ2n) is 6.06. The van der Waals surface area contributed by atoms with Crippen molar-refractivity contribution in [2.75, 3.05) is 24.6 Å². The second-order valence-corrected chi connectivity index (χ2v) is 6.06. The van der Waals surface area contributed by atoms with Gasteiger partial charge in [-0.25, -0.2) is 4.39 Å². The molecule has 0 aromatic heterocycles. The third kappa shape index (κ3) is 2.79. The molecule has 3 unspecified atom stereocenters. The molecule has 4 heteroatoms. The molecule has 3 atom stereocenters. The third-order valence-corrected chi connectivity index (χ3v) is 4.76. The van der Waals surface area contributed by atoms with Gasteiger partial charge in [-0.15, -0.1) is 0 Å². The molecule has 1 heterocycles. The highest BCUT2D eigenvalue weighted by molar-refractivity contribution is 5.57. The van der Waals surface area contributed by atoms with Crippen molar-refractivity contribution in [3.05, 3.63) is 29.6 Å². The average Bonchev–Trinajstić information content (AvgIpc) is 2.96. The Morgan fingerprint density at radius 1 is 1.43 bits per heavy atom. The highest BCUT2D eigenvalue weighted by Gasteiger charge is 2.38. The Balaban J connectivity index is 1.96. The van der Waals surface area contributed by atoms with E-state index in [4.69, 9.17) is 4.74 Å². The molecule has 1 aliphatic heterocycles. The number of halogens is 1. The Morgan fingerprint density at radius 2 is 2.29 bits per heavy atom. The van der Waals surface area contributed by atoms with Crippen LogP contribution in [0.4, 0.5) is 10.1 Å². The Hall–Kier alpha value is -1.13. The van der Waals surface area contributed by atoms with Gasteiger partial charge >= 0.3 is 0 Å². The zero-order chi connectivity index (χ0) is 14.8. The standard InChI is InChI=1S/C17H25FN2O/c1-3-19-12(2)13-6-4-7-14(18)17(13)20-10-11-21-16-9-5-8-15(16)20/h4,6-7,12,15-16,19H,3,5,8-11H2,1-2H3. The monoisotopic (exact) mass is 292 g/mol. The van der Waals surface area contributed by atoms with Crippen molar-refractivity contribution >= 4 is 5.69 Å². The molecule has 0 bridgehead atoms. The number of anilines is 1. The molecule has 21 heavy (non-hydrogen) atoms. The van der Waals surface area contributed by atoms with Gasteiger partial charge in [0, 0.05) is 12.6 Å². The maximum absolute atomic E-state index is 14.6. The molecule has 2 aliphatic rings. The van der Waals surface area contributed by atoms with Crippen LogP contribution in [-0.4, -0.2) is 31.8 Å². The summed E-state index contributed by atoms with van der Waals surface area (Å²) >= 11 is 0. The predicted octanol–water partition coefficient (Wildman–Crippen LogP) is 3.25. The van der Waals surface area contributed by atoms with Gasteiger partial charge in [0.25, 0.3) is 0 Å². The van der Waals surface area contributed by atoms with Gasteiger partial charge in [0.1, 0.15) is 5.82 Å². The van der Waals surface area contributed by atoms with Crippen LogP contribution in [0.3, 0.4) is 0 Å². The van der Waals surface area contributed by atoms with Crippen LogP contribution in [0.5, 0.6) is 0 Å². The summed E-state index contributed by atoms with van der Waals surface area (Å²) in [6.45, 7) is 6.55. The SMILES string of the molecule is CCNC(C)c1cccc(F)c1N1CCOC2CCCC21. The number of para-hydroxylation sites is 1. The summed E-state index contributed by atoms with van der Waals surface area (Å²) in [7, 11) is 0. The van der Waals surface area contributed by atoms with Crippen LogP contribution in [0.15, 0.2) is 18.2 Å². The largest absolute Gasteiger partial charge is 0.374 e. The normalized spacial score (nSPS) is 26.7. The van der Waals surface area contributed by atoms with Crippen LogP contribution in [0.1, 0.15) is 44.7 Å². The minimum Gasteiger partial charge on any atom is -0.374 e. The van der Waals surface area contributed by atoms with Crippen molar-refractivity contribution in [3.63, 3.8) is 0 Å². The van der Waals surface area contributed by atoms with Gasteiger partial charge in [-0.1, -0.05) is 19.1 Å². The Bertz CT molecular complexity index is 494. The number of morpholine rings is 1.